The molecule has 2 aromatic heterocycles. The Kier molecular flexibility index (Phi) is 7.39. The third-order valence-electron chi connectivity index (χ3n) is 3.98. The van der Waals surface area contributed by atoms with Crippen molar-refractivity contribution in [3.8, 4) is 11.4 Å². The third-order valence-corrected chi connectivity index (χ3v) is 5.28. The molecule has 0 radical (unpaired) electrons. The topological polar surface area (TPSA) is 122 Å². The second-order valence-corrected chi connectivity index (χ2v) is 7.36. The summed E-state index contributed by atoms with van der Waals surface area (Å²) in [4.78, 5) is 27.4. The second-order valence-electron chi connectivity index (χ2n) is 6.01. The van der Waals surface area contributed by atoms with E-state index in [0.29, 0.717) is 24.1 Å². The van der Waals surface area contributed by atoms with Gasteiger partial charge < -0.3 is 20.0 Å². The van der Waals surface area contributed by atoms with E-state index in [-0.39, 0.29) is 27.9 Å². The van der Waals surface area contributed by atoms with Crippen molar-refractivity contribution in [1.82, 2.24) is 19.7 Å². The van der Waals surface area contributed by atoms with Gasteiger partial charge in [-0.2, -0.15) is 0 Å². The van der Waals surface area contributed by atoms with E-state index in [1.165, 1.54) is 30.0 Å². The number of anilines is 1. The highest BCUT2D eigenvalue weighted by atomic mass is 35.5. The summed E-state index contributed by atoms with van der Waals surface area (Å²) in [5.74, 6) is -1.06. The molecule has 3 rings (SSSR count). The van der Waals surface area contributed by atoms with Crippen LogP contribution in [0.3, 0.4) is 0 Å². The number of carboxylic acids is 1. The molecule has 0 atom stereocenters. The summed E-state index contributed by atoms with van der Waals surface area (Å²) in [7, 11) is 1.60. The molecule has 0 saturated carbocycles. The van der Waals surface area contributed by atoms with Gasteiger partial charge in [0.25, 0.3) is 0 Å². The molecule has 0 bridgehead atoms. The van der Waals surface area contributed by atoms with Crippen molar-refractivity contribution in [3.63, 3.8) is 0 Å². The number of nitrogens with zero attached hydrogens (tertiary/aromatic N) is 4. The number of pyridine rings is 1. The SMILES string of the molecule is COCCn1c(SCC(=O)Nc2cc(C(=O)[O-])ccc2Cl)nnc1-c1ccncc1. The second kappa shape index (κ2) is 10.2. The predicted molar refractivity (Wildman–Crippen MR) is 110 cm³/mol. The van der Waals surface area contributed by atoms with Crippen molar-refractivity contribution in [2.45, 2.75) is 11.7 Å². The smallest absolute Gasteiger partial charge is 0.234 e. The Morgan fingerprint density at radius 3 is 2.70 bits per heavy atom. The summed E-state index contributed by atoms with van der Waals surface area (Å²) in [5.41, 5.74) is 0.960. The lowest BCUT2D eigenvalue weighted by molar-refractivity contribution is -0.255. The highest BCUT2D eigenvalue weighted by molar-refractivity contribution is 7.99. The maximum Gasteiger partial charge on any atom is 0.234 e. The van der Waals surface area contributed by atoms with Crippen LogP contribution < -0.4 is 10.4 Å². The molecule has 0 unspecified atom stereocenters. The standard InChI is InChI=1S/C19H18ClN5O4S/c1-29-9-8-25-17(12-4-6-21-7-5-12)23-24-19(25)30-11-16(26)22-15-10-13(18(27)28)2-3-14(15)20/h2-7,10H,8-9,11H2,1H3,(H,22,26)(H,27,28)/p-1. The first kappa shape index (κ1) is 21.8. The van der Waals surface area contributed by atoms with E-state index in [1.54, 1.807) is 19.5 Å². The Balaban J connectivity index is 1.72. The highest BCUT2D eigenvalue weighted by Gasteiger charge is 2.16. The van der Waals surface area contributed by atoms with Crippen LogP contribution in [0.2, 0.25) is 5.02 Å². The lowest BCUT2D eigenvalue weighted by atomic mass is 10.2. The molecule has 30 heavy (non-hydrogen) atoms. The molecule has 0 fully saturated rings. The predicted octanol–water partition coefficient (Wildman–Crippen LogP) is 1.73. The van der Waals surface area contributed by atoms with Crippen LogP contribution in [0.5, 0.6) is 0 Å². The van der Waals surface area contributed by atoms with Gasteiger partial charge in [0.1, 0.15) is 0 Å². The number of hydrogen-bond donors (Lipinski definition) is 1. The third kappa shape index (κ3) is 5.35. The summed E-state index contributed by atoms with van der Waals surface area (Å²) in [6, 6.07) is 7.59. The number of thioether (sulfide) groups is 1. The molecule has 1 amide bonds. The van der Waals surface area contributed by atoms with Crippen LogP contribution in [-0.4, -0.2) is 51.1 Å². The van der Waals surface area contributed by atoms with Gasteiger partial charge >= 0.3 is 0 Å². The lowest BCUT2D eigenvalue weighted by Gasteiger charge is -2.11. The Morgan fingerprint density at radius 2 is 2.00 bits per heavy atom. The quantitative estimate of drug-likeness (QED) is 0.493. The molecule has 1 aromatic carbocycles. The van der Waals surface area contributed by atoms with Gasteiger partial charge in [-0.05, 0) is 29.8 Å². The molecule has 0 aliphatic rings. The number of nitrogens with one attached hydrogen (secondary N) is 1. The lowest BCUT2D eigenvalue weighted by Crippen LogP contribution is -2.22. The van der Waals surface area contributed by atoms with Gasteiger partial charge in [0.05, 0.1) is 35.6 Å². The molecular weight excluding hydrogens is 430 g/mol. The minimum atomic E-state index is -1.36. The Bertz CT molecular complexity index is 1040. The fraction of sp³-hybridized carbons (Fsp3) is 0.211. The first-order valence-electron chi connectivity index (χ1n) is 8.75. The maximum atomic E-state index is 12.4. The van der Waals surface area contributed by atoms with Gasteiger partial charge in [0.2, 0.25) is 5.91 Å². The summed E-state index contributed by atoms with van der Waals surface area (Å²) in [6.07, 6.45) is 3.32. The van der Waals surface area contributed by atoms with Crippen LogP contribution in [0, 0.1) is 0 Å². The molecule has 156 valence electrons. The monoisotopic (exact) mass is 446 g/mol. The maximum absolute atomic E-state index is 12.4. The van der Waals surface area contributed by atoms with Crippen molar-refractivity contribution < 1.29 is 19.4 Å². The number of benzene rings is 1. The number of ether oxygens (including phenoxy) is 1. The average molecular weight is 447 g/mol. The summed E-state index contributed by atoms with van der Waals surface area (Å²) >= 11 is 7.23. The van der Waals surface area contributed by atoms with Gasteiger partial charge in [-0.25, -0.2) is 0 Å². The number of carbonyl (C=O) groups is 2. The largest absolute Gasteiger partial charge is 0.545 e. The number of carboxylic acid groups (broad SMARTS) is 1. The number of hydrogen-bond acceptors (Lipinski definition) is 8. The molecule has 0 spiro atoms. The average Bonchev–Trinajstić information content (AvgIpc) is 3.15. The molecule has 1 N–H and O–H groups in total. The van der Waals surface area contributed by atoms with E-state index < -0.39 is 5.97 Å². The number of aromatic carboxylic acids is 1. The minimum absolute atomic E-state index is 0.0212. The first-order valence-corrected chi connectivity index (χ1v) is 10.1. The fourth-order valence-electron chi connectivity index (χ4n) is 2.56. The number of aromatic nitrogens is 4. The van der Waals surface area contributed by atoms with Crippen molar-refractivity contribution in [1.29, 1.82) is 0 Å². The molecule has 0 saturated heterocycles. The van der Waals surface area contributed by atoms with E-state index in [1.807, 2.05) is 16.7 Å². The molecule has 0 aliphatic carbocycles. The summed E-state index contributed by atoms with van der Waals surface area (Å²) in [5, 5.41) is 22.8. The summed E-state index contributed by atoms with van der Waals surface area (Å²) in [6.45, 7) is 0.950. The molecule has 9 nitrogen and oxygen atoms in total. The van der Waals surface area contributed by atoms with Gasteiger partial charge in [0, 0.05) is 25.1 Å². The van der Waals surface area contributed by atoms with E-state index in [0.717, 1.165) is 5.56 Å². The zero-order chi connectivity index (χ0) is 21.5. The molecule has 3 aromatic rings. The van der Waals surface area contributed by atoms with Crippen LogP contribution in [0.15, 0.2) is 47.9 Å². The van der Waals surface area contributed by atoms with Crippen molar-refractivity contribution >= 4 is 40.9 Å². The molecular formula is C19H17ClN5O4S-. The van der Waals surface area contributed by atoms with Crippen LogP contribution in [0.25, 0.3) is 11.4 Å². The van der Waals surface area contributed by atoms with Crippen molar-refractivity contribution in [2.24, 2.45) is 0 Å². The molecule has 11 heteroatoms. The van der Waals surface area contributed by atoms with Crippen molar-refractivity contribution in [3.05, 3.63) is 53.3 Å². The Labute approximate surface area is 181 Å². The Morgan fingerprint density at radius 1 is 1.23 bits per heavy atom. The van der Waals surface area contributed by atoms with Gasteiger partial charge in [-0.15, -0.1) is 10.2 Å². The Hall–Kier alpha value is -2.95. The van der Waals surface area contributed by atoms with Crippen molar-refractivity contribution in [2.75, 3.05) is 24.8 Å². The first-order chi connectivity index (χ1) is 14.5. The van der Waals surface area contributed by atoms with Gasteiger partial charge in [-0.1, -0.05) is 29.4 Å². The van der Waals surface area contributed by atoms with E-state index in [4.69, 9.17) is 16.3 Å². The summed E-state index contributed by atoms with van der Waals surface area (Å²) < 4.78 is 7.03. The number of rotatable bonds is 9. The molecule has 2 heterocycles. The van der Waals surface area contributed by atoms with Crippen LogP contribution in [0.4, 0.5) is 5.69 Å². The van der Waals surface area contributed by atoms with Gasteiger partial charge in [-0.3, -0.25) is 14.3 Å². The van der Waals surface area contributed by atoms with Crippen LogP contribution in [-0.2, 0) is 16.1 Å². The minimum Gasteiger partial charge on any atom is -0.545 e. The zero-order valence-corrected chi connectivity index (χ0v) is 17.4. The zero-order valence-electron chi connectivity index (χ0n) is 15.9. The van der Waals surface area contributed by atoms with E-state index in [9.17, 15) is 14.7 Å². The number of amides is 1. The van der Waals surface area contributed by atoms with Crippen LogP contribution in [0.1, 0.15) is 10.4 Å². The highest BCUT2D eigenvalue weighted by Crippen LogP contribution is 2.26. The van der Waals surface area contributed by atoms with Gasteiger partial charge in [0.15, 0.2) is 11.0 Å². The van der Waals surface area contributed by atoms with E-state index >= 15 is 0 Å². The number of carbonyl (C=O) groups excluding carboxylic acids is 2. The van der Waals surface area contributed by atoms with E-state index in [2.05, 4.69) is 20.5 Å². The molecule has 0 aliphatic heterocycles. The number of methoxy groups -OCH3 is 1. The fourth-order valence-corrected chi connectivity index (χ4v) is 3.49. The van der Waals surface area contributed by atoms with Crippen LogP contribution >= 0.6 is 23.4 Å². The number of halogens is 1. The normalized spacial score (nSPS) is 10.7.